The zero-order chi connectivity index (χ0) is 43.5. The Morgan fingerprint density at radius 2 is 1.02 bits per heavy atom. The molecular formula is C40H44Cl4N6O8S2. The summed E-state index contributed by atoms with van der Waals surface area (Å²) < 4.78 is 57.6. The zero-order valence-corrected chi connectivity index (χ0v) is 37.1. The van der Waals surface area contributed by atoms with Crippen molar-refractivity contribution in [3.63, 3.8) is 0 Å². The maximum absolute atomic E-state index is 13.2. The maximum Gasteiger partial charge on any atom is 0.252 e. The number of benzene rings is 4. The van der Waals surface area contributed by atoms with Crippen LogP contribution in [0.3, 0.4) is 0 Å². The predicted octanol–water partition coefficient (Wildman–Crippen LogP) is 3.67. The molecule has 4 atom stereocenters. The number of carbonyl (C=O) groups is 2. The van der Waals surface area contributed by atoms with Crippen molar-refractivity contribution in [3.8, 4) is 0 Å². The van der Waals surface area contributed by atoms with Crippen LogP contribution in [0, 0.1) is 0 Å². The molecule has 0 saturated carbocycles. The third kappa shape index (κ3) is 10.8. The Labute approximate surface area is 369 Å². The van der Waals surface area contributed by atoms with Gasteiger partial charge >= 0.3 is 0 Å². The second kappa shape index (κ2) is 19.4. The summed E-state index contributed by atoms with van der Waals surface area (Å²) in [5.74, 6) is -2.66. The smallest absolute Gasteiger partial charge is 0.252 e. The number of sulfonamides is 2. The number of likely N-dealkylation sites (N-methyl/N-ethyl adjacent to an activating group) is 2. The number of aliphatic hydroxyl groups is 2. The summed E-state index contributed by atoms with van der Waals surface area (Å²) in [5, 5.41) is 27.3. The minimum absolute atomic E-state index is 0.00712. The Hall–Kier alpha value is -3.36. The zero-order valence-electron chi connectivity index (χ0n) is 32.5. The summed E-state index contributed by atoms with van der Waals surface area (Å²) in [6.07, 6.45) is -4.41. The first-order valence-corrected chi connectivity index (χ1v) is 23.3. The molecule has 2 aliphatic heterocycles. The van der Waals surface area contributed by atoms with Gasteiger partial charge in [-0.15, -0.1) is 0 Å². The van der Waals surface area contributed by atoms with Crippen LogP contribution in [0.15, 0.2) is 82.6 Å². The van der Waals surface area contributed by atoms with Gasteiger partial charge in [0.15, 0.2) is 12.2 Å². The molecule has 2 amide bonds. The highest BCUT2D eigenvalue weighted by molar-refractivity contribution is 7.89. The minimum Gasteiger partial charge on any atom is -0.380 e. The van der Waals surface area contributed by atoms with Crippen LogP contribution in [0.4, 0.5) is 0 Å². The number of nitrogens with zero attached hydrogens (tertiary/aromatic N) is 2. The van der Waals surface area contributed by atoms with E-state index in [-0.39, 0.29) is 47.8 Å². The lowest BCUT2D eigenvalue weighted by molar-refractivity contribution is -0.145. The van der Waals surface area contributed by atoms with Crippen LogP contribution in [0.2, 0.25) is 20.1 Å². The van der Waals surface area contributed by atoms with Crippen molar-refractivity contribution in [2.24, 2.45) is 0 Å². The molecule has 0 aromatic heterocycles. The number of nitrogens with one attached hydrogen (secondary N) is 4. The molecular weight excluding hydrogens is 898 g/mol. The van der Waals surface area contributed by atoms with E-state index in [4.69, 9.17) is 46.4 Å². The van der Waals surface area contributed by atoms with Crippen LogP contribution in [0.5, 0.6) is 0 Å². The van der Waals surface area contributed by atoms with Crippen LogP contribution < -0.4 is 20.1 Å². The van der Waals surface area contributed by atoms with E-state index in [1.807, 2.05) is 38.4 Å². The standard InChI is InChI=1S/C40H44Cl4N6O8S2/c1-49-19-31(29-15-25(41)17-35(43)33(29)21-49)23-5-3-7-27(13-23)59(55,56)47-11-9-45-39(53)37(51)38(52)40(54)46-10-12-48-60(57,58)28-8-4-6-24(14-28)32-20-50(2)22-34-30(32)16-26(42)18-36(34)44/h3-8,13-18,31-32,37-38,47-48,51-52H,9-12,19-22H2,1-2H3,(H,45,53)(H,46,54). The van der Waals surface area contributed by atoms with Gasteiger partial charge in [-0.05, 0) is 96.0 Å². The number of fused-ring (bicyclic) bond motifs is 2. The van der Waals surface area contributed by atoms with Gasteiger partial charge in [-0.25, -0.2) is 26.3 Å². The number of halogens is 4. The third-order valence-corrected chi connectivity index (χ3v) is 14.4. The van der Waals surface area contributed by atoms with Gasteiger partial charge in [0, 0.05) is 84.3 Å². The molecule has 20 heteroatoms. The molecule has 0 radical (unpaired) electrons. The van der Waals surface area contributed by atoms with Crippen molar-refractivity contribution in [1.29, 1.82) is 0 Å². The Morgan fingerprint density at radius 3 is 1.40 bits per heavy atom. The fourth-order valence-electron chi connectivity index (χ4n) is 7.46. The molecule has 2 heterocycles. The molecule has 0 aliphatic carbocycles. The van der Waals surface area contributed by atoms with Crippen LogP contribution in [0.1, 0.15) is 45.2 Å². The Balaban J connectivity index is 0.961. The molecule has 60 heavy (non-hydrogen) atoms. The van der Waals surface area contributed by atoms with Gasteiger partial charge in [-0.2, -0.15) is 0 Å². The van der Waals surface area contributed by atoms with Crippen molar-refractivity contribution in [2.75, 3.05) is 53.4 Å². The molecule has 0 saturated heterocycles. The summed E-state index contributed by atoms with van der Waals surface area (Å²) >= 11 is 25.6. The normalized spacial score (nSPS) is 18.3. The Bertz CT molecular complexity index is 2330. The molecule has 6 N–H and O–H groups in total. The quantitative estimate of drug-likeness (QED) is 0.0958. The lowest BCUT2D eigenvalue weighted by Gasteiger charge is -2.33. The van der Waals surface area contributed by atoms with Crippen molar-refractivity contribution >= 4 is 78.3 Å². The fourth-order valence-corrected chi connectivity index (χ4v) is 10.8. The molecule has 4 aromatic rings. The molecule has 0 bridgehead atoms. The highest BCUT2D eigenvalue weighted by Gasteiger charge is 2.32. The molecule has 4 unspecified atom stereocenters. The van der Waals surface area contributed by atoms with Crippen LogP contribution in [0.25, 0.3) is 0 Å². The van der Waals surface area contributed by atoms with E-state index in [0.717, 1.165) is 33.4 Å². The van der Waals surface area contributed by atoms with Crippen LogP contribution in [-0.4, -0.2) is 114 Å². The number of hydrogen-bond acceptors (Lipinski definition) is 10. The largest absolute Gasteiger partial charge is 0.380 e. The Morgan fingerprint density at radius 1 is 0.633 bits per heavy atom. The molecule has 2 aliphatic rings. The molecule has 6 rings (SSSR count). The van der Waals surface area contributed by atoms with Crippen molar-refractivity contribution < 1.29 is 36.6 Å². The van der Waals surface area contributed by atoms with Gasteiger partial charge < -0.3 is 30.6 Å². The first-order valence-electron chi connectivity index (χ1n) is 18.8. The van der Waals surface area contributed by atoms with Gasteiger partial charge in [0.1, 0.15) is 0 Å². The SMILES string of the molecule is CN1Cc2c(Cl)cc(Cl)cc2C(c2cccc(S(=O)(=O)NCCNC(=O)C(O)C(O)C(=O)NCCNS(=O)(=O)c3cccc(C4CN(C)Cc5c(Cl)cc(Cl)cc54)c3)c2)C1. The second-order valence-electron chi connectivity index (χ2n) is 14.8. The molecule has 0 fully saturated rings. The van der Waals surface area contributed by atoms with Gasteiger partial charge in [0.2, 0.25) is 20.0 Å². The number of rotatable bonds is 15. The van der Waals surface area contributed by atoms with E-state index < -0.39 is 44.1 Å². The van der Waals surface area contributed by atoms with Crippen LogP contribution in [-0.2, 0) is 42.7 Å². The van der Waals surface area contributed by atoms with Crippen molar-refractivity contribution in [3.05, 3.63) is 126 Å². The first-order chi connectivity index (χ1) is 28.3. The molecule has 14 nitrogen and oxygen atoms in total. The molecule has 0 spiro atoms. The van der Waals surface area contributed by atoms with Crippen molar-refractivity contribution in [2.45, 2.75) is 46.9 Å². The number of carbonyl (C=O) groups excluding carboxylic acids is 2. The Kier molecular flexibility index (Phi) is 14.9. The fraction of sp³-hybridized carbons (Fsp3) is 0.350. The summed E-state index contributed by atoms with van der Waals surface area (Å²) in [5.41, 5.74) is 5.15. The summed E-state index contributed by atoms with van der Waals surface area (Å²) in [6.45, 7) is 1.34. The van der Waals surface area contributed by atoms with Crippen LogP contribution >= 0.6 is 46.4 Å². The summed E-state index contributed by atoms with van der Waals surface area (Å²) in [7, 11) is -4.20. The second-order valence-corrected chi connectivity index (χ2v) is 20.0. The highest BCUT2D eigenvalue weighted by Crippen LogP contribution is 2.40. The molecule has 4 aromatic carbocycles. The maximum atomic E-state index is 13.2. The first kappa shape index (κ1) is 46.2. The lowest BCUT2D eigenvalue weighted by Crippen LogP contribution is -2.51. The van der Waals surface area contributed by atoms with Crippen molar-refractivity contribution in [1.82, 2.24) is 29.9 Å². The average molecular weight is 943 g/mol. The predicted molar refractivity (Wildman–Crippen MR) is 231 cm³/mol. The van der Waals surface area contributed by atoms with Gasteiger partial charge in [-0.1, -0.05) is 70.7 Å². The number of hydrogen-bond donors (Lipinski definition) is 6. The molecule has 322 valence electrons. The van der Waals surface area contributed by atoms with Gasteiger partial charge in [-0.3, -0.25) is 9.59 Å². The van der Waals surface area contributed by atoms with E-state index in [9.17, 15) is 36.6 Å². The van der Waals surface area contributed by atoms with E-state index in [1.54, 1.807) is 36.4 Å². The van der Waals surface area contributed by atoms with E-state index >= 15 is 0 Å². The number of aliphatic hydroxyl groups excluding tert-OH is 2. The average Bonchev–Trinajstić information content (AvgIpc) is 3.20. The van der Waals surface area contributed by atoms with E-state index in [1.165, 1.54) is 12.1 Å². The van der Waals surface area contributed by atoms with E-state index in [2.05, 4.69) is 29.9 Å². The highest BCUT2D eigenvalue weighted by atomic mass is 35.5. The van der Waals surface area contributed by atoms with Gasteiger partial charge in [0.05, 0.1) is 9.79 Å². The summed E-state index contributed by atoms with van der Waals surface area (Å²) in [6, 6.07) is 20.0. The van der Waals surface area contributed by atoms with Gasteiger partial charge in [0.25, 0.3) is 11.8 Å². The number of amides is 2. The monoisotopic (exact) mass is 940 g/mol. The third-order valence-electron chi connectivity index (χ3n) is 10.4. The minimum atomic E-state index is -4.04. The lowest BCUT2D eigenvalue weighted by atomic mass is 9.85. The van der Waals surface area contributed by atoms with E-state index in [0.29, 0.717) is 46.3 Å². The topological polar surface area (TPSA) is 197 Å². The summed E-state index contributed by atoms with van der Waals surface area (Å²) in [4.78, 5) is 29.3.